The summed E-state index contributed by atoms with van der Waals surface area (Å²) >= 11 is 0. The standard InChI is InChI=1S/C18H24N4O/c1-5-21(6-2)18(23)16-13-17(20-14(4)19-16)22(7-3)15-11-9-8-10-12-15/h8-13H,5-7H2,1-4H3. The highest BCUT2D eigenvalue weighted by atomic mass is 16.2. The molecular weight excluding hydrogens is 288 g/mol. The summed E-state index contributed by atoms with van der Waals surface area (Å²) < 4.78 is 0. The van der Waals surface area contributed by atoms with Crippen LogP contribution in [0, 0.1) is 6.92 Å². The Bertz CT molecular complexity index is 653. The van der Waals surface area contributed by atoms with Gasteiger partial charge in [0.1, 0.15) is 17.3 Å². The molecule has 0 spiro atoms. The molecule has 5 heteroatoms. The van der Waals surface area contributed by atoms with Gasteiger partial charge in [0.15, 0.2) is 0 Å². The molecule has 0 bridgehead atoms. The summed E-state index contributed by atoms with van der Waals surface area (Å²) in [6, 6.07) is 11.8. The van der Waals surface area contributed by atoms with Gasteiger partial charge in [0.2, 0.25) is 0 Å². The Labute approximate surface area is 138 Å². The minimum Gasteiger partial charge on any atom is -0.338 e. The SMILES string of the molecule is CCN(CC)C(=O)c1cc(N(CC)c2ccccc2)nc(C)n1. The number of carbonyl (C=O) groups excluding carboxylic acids is 1. The van der Waals surface area contributed by atoms with Crippen molar-refractivity contribution in [3.8, 4) is 0 Å². The molecule has 0 N–H and O–H groups in total. The number of benzene rings is 1. The molecule has 5 nitrogen and oxygen atoms in total. The van der Waals surface area contributed by atoms with Crippen LogP contribution >= 0.6 is 0 Å². The molecule has 0 atom stereocenters. The second-order valence-corrected chi connectivity index (χ2v) is 5.22. The zero-order valence-electron chi connectivity index (χ0n) is 14.3. The fraction of sp³-hybridized carbons (Fsp3) is 0.389. The Hall–Kier alpha value is -2.43. The third kappa shape index (κ3) is 3.86. The van der Waals surface area contributed by atoms with Crippen LogP contribution in [0.1, 0.15) is 37.1 Å². The normalized spacial score (nSPS) is 10.4. The minimum atomic E-state index is -0.0501. The van der Waals surface area contributed by atoms with Crippen LogP contribution in [-0.4, -0.2) is 40.4 Å². The van der Waals surface area contributed by atoms with Gasteiger partial charge in [-0.15, -0.1) is 0 Å². The molecule has 1 amide bonds. The van der Waals surface area contributed by atoms with Gasteiger partial charge in [0.05, 0.1) is 0 Å². The Morgan fingerprint density at radius 2 is 1.65 bits per heavy atom. The predicted molar refractivity (Wildman–Crippen MR) is 93.1 cm³/mol. The van der Waals surface area contributed by atoms with Crippen LogP contribution in [-0.2, 0) is 0 Å². The van der Waals surface area contributed by atoms with Gasteiger partial charge in [-0.2, -0.15) is 0 Å². The first kappa shape index (κ1) is 16.9. The summed E-state index contributed by atoms with van der Waals surface area (Å²) in [5.74, 6) is 1.31. The van der Waals surface area contributed by atoms with E-state index in [2.05, 4.69) is 21.8 Å². The van der Waals surface area contributed by atoms with E-state index < -0.39 is 0 Å². The molecule has 2 aromatic rings. The summed E-state index contributed by atoms with van der Waals surface area (Å²) in [4.78, 5) is 25.3. The van der Waals surface area contributed by atoms with Crippen molar-refractivity contribution in [2.45, 2.75) is 27.7 Å². The molecule has 0 saturated heterocycles. The molecule has 0 radical (unpaired) electrons. The average molecular weight is 312 g/mol. The number of anilines is 2. The Balaban J connectivity index is 2.42. The van der Waals surface area contributed by atoms with E-state index >= 15 is 0 Å². The monoisotopic (exact) mass is 312 g/mol. The van der Waals surface area contributed by atoms with Crippen molar-refractivity contribution in [3.63, 3.8) is 0 Å². The van der Waals surface area contributed by atoms with Crippen molar-refractivity contribution in [3.05, 3.63) is 47.9 Å². The maximum absolute atomic E-state index is 12.6. The maximum Gasteiger partial charge on any atom is 0.272 e. The van der Waals surface area contributed by atoms with E-state index in [1.54, 1.807) is 11.0 Å². The molecular formula is C18H24N4O. The average Bonchev–Trinajstić information content (AvgIpc) is 2.57. The first-order valence-corrected chi connectivity index (χ1v) is 8.08. The fourth-order valence-corrected chi connectivity index (χ4v) is 2.56. The van der Waals surface area contributed by atoms with Crippen LogP contribution in [0.2, 0.25) is 0 Å². The van der Waals surface area contributed by atoms with Gasteiger partial charge in [-0.25, -0.2) is 9.97 Å². The number of aryl methyl sites for hydroxylation is 1. The lowest BCUT2D eigenvalue weighted by Crippen LogP contribution is -2.31. The van der Waals surface area contributed by atoms with E-state index in [0.29, 0.717) is 24.6 Å². The summed E-state index contributed by atoms with van der Waals surface area (Å²) in [6.45, 7) is 9.93. The lowest BCUT2D eigenvalue weighted by molar-refractivity contribution is 0.0766. The highest BCUT2D eigenvalue weighted by Crippen LogP contribution is 2.23. The Morgan fingerprint density at radius 3 is 2.22 bits per heavy atom. The third-order valence-corrected chi connectivity index (χ3v) is 3.75. The van der Waals surface area contributed by atoms with Crippen molar-refractivity contribution in [2.75, 3.05) is 24.5 Å². The summed E-state index contributed by atoms with van der Waals surface area (Å²) in [6.07, 6.45) is 0. The van der Waals surface area contributed by atoms with Gasteiger partial charge in [0.25, 0.3) is 5.91 Å². The van der Waals surface area contributed by atoms with Crippen molar-refractivity contribution in [1.82, 2.24) is 14.9 Å². The van der Waals surface area contributed by atoms with Crippen LogP contribution < -0.4 is 4.90 Å². The quantitative estimate of drug-likeness (QED) is 0.820. The van der Waals surface area contributed by atoms with Crippen LogP contribution in [0.5, 0.6) is 0 Å². The minimum absolute atomic E-state index is 0.0501. The number of rotatable bonds is 6. The lowest BCUT2D eigenvalue weighted by atomic mass is 10.2. The highest BCUT2D eigenvalue weighted by molar-refractivity contribution is 5.93. The summed E-state index contributed by atoms with van der Waals surface area (Å²) in [5.41, 5.74) is 1.50. The first-order chi connectivity index (χ1) is 11.1. The van der Waals surface area contributed by atoms with E-state index in [1.807, 2.05) is 51.1 Å². The number of aromatic nitrogens is 2. The second-order valence-electron chi connectivity index (χ2n) is 5.22. The van der Waals surface area contributed by atoms with Gasteiger partial charge >= 0.3 is 0 Å². The number of nitrogens with zero attached hydrogens (tertiary/aromatic N) is 4. The van der Waals surface area contributed by atoms with E-state index in [-0.39, 0.29) is 5.91 Å². The molecule has 1 aromatic heterocycles. The molecule has 1 aromatic carbocycles. The molecule has 0 saturated carbocycles. The summed E-state index contributed by atoms with van der Waals surface area (Å²) in [7, 11) is 0. The van der Waals surface area contributed by atoms with Crippen LogP contribution in [0.3, 0.4) is 0 Å². The second kappa shape index (κ2) is 7.72. The molecule has 0 fully saturated rings. The van der Waals surface area contributed by atoms with Crippen LogP contribution in [0.25, 0.3) is 0 Å². The number of amides is 1. The molecule has 2 rings (SSSR count). The van der Waals surface area contributed by atoms with Gasteiger partial charge in [-0.1, -0.05) is 18.2 Å². The van der Waals surface area contributed by atoms with Gasteiger partial charge in [0, 0.05) is 31.4 Å². The molecule has 0 aliphatic rings. The molecule has 122 valence electrons. The zero-order valence-corrected chi connectivity index (χ0v) is 14.3. The smallest absolute Gasteiger partial charge is 0.272 e. The van der Waals surface area contributed by atoms with E-state index in [4.69, 9.17) is 0 Å². The molecule has 0 aliphatic carbocycles. The van der Waals surface area contributed by atoms with Crippen LogP contribution in [0.4, 0.5) is 11.5 Å². The van der Waals surface area contributed by atoms with Gasteiger partial charge < -0.3 is 9.80 Å². The maximum atomic E-state index is 12.6. The van der Waals surface area contributed by atoms with Gasteiger partial charge in [-0.3, -0.25) is 4.79 Å². The van der Waals surface area contributed by atoms with Crippen molar-refractivity contribution in [2.24, 2.45) is 0 Å². The molecule has 23 heavy (non-hydrogen) atoms. The third-order valence-electron chi connectivity index (χ3n) is 3.75. The highest BCUT2D eigenvalue weighted by Gasteiger charge is 2.18. The number of para-hydroxylation sites is 1. The van der Waals surface area contributed by atoms with E-state index in [9.17, 15) is 4.79 Å². The summed E-state index contributed by atoms with van der Waals surface area (Å²) in [5, 5.41) is 0. The van der Waals surface area contributed by atoms with Crippen LogP contribution in [0.15, 0.2) is 36.4 Å². The number of hydrogen-bond acceptors (Lipinski definition) is 4. The fourth-order valence-electron chi connectivity index (χ4n) is 2.56. The van der Waals surface area contributed by atoms with E-state index in [0.717, 1.165) is 18.1 Å². The largest absolute Gasteiger partial charge is 0.338 e. The Kier molecular flexibility index (Phi) is 5.68. The van der Waals surface area contributed by atoms with Gasteiger partial charge in [-0.05, 0) is 39.8 Å². The molecule has 0 unspecified atom stereocenters. The van der Waals surface area contributed by atoms with Crippen molar-refractivity contribution in [1.29, 1.82) is 0 Å². The van der Waals surface area contributed by atoms with Crippen molar-refractivity contribution < 1.29 is 4.79 Å². The lowest BCUT2D eigenvalue weighted by Gasteiger charge is -2.24. The molecule has 0 aliphatic heterocycles. The predicted octanol–water partition coefficient (Wildman–Crippen LogP) is 3.43. The molecule has 1 heterocycles. The first-order valence-electron chi connectivity index (χ1n) is 8.08. The van der Waals surface area contributed by atoms with E-state index in [1.165, 1.54) is 0 Å². The Morgan fingerprint density at radius 1 is 1.00 bits per heavy atom. The number of hydrogen-bond donors (Lipinski definition) is 0. The van der Waals surface area contributed by atoms with Crippen molar-refractivity contribution >= 4 is 17.4 Å². The zero-order chi connectivity index (χ0) is 16.8. The number of carbonyl (C=O) groups is 1. The topological polar surface area (TPSA) is 49.3 Å².